The van der Waals surface area contributed by atoms with E-state index in [1.165, 1.54) is 5.57 Å². The summed E-state index contributed by atoms with van der Waals surface area (Å²) in [6.45, 7) is 11.0. The van der Waals surface area contributed by atoms with Gasteiger partial charge < -0.3 is 109 Å². The highest BCUT2D eigenvalue weighted by Crippen LogP contribution is 2.76. The second kappa shape index (κ2) is 21.6. The van der Waals surface area contributed by atoms with Gasteiger partial charge in [0.2, 0.25) is 6.29 Å². The summed E-state index contributed by atoms with van der Waals surface area (Å²) in [4.78, 5) is 15.0. The molecule has 436 valence electrons. The first-order valence-corrected chi connectivity index (χ1v) is 27.4. The lowest BCUT2D eigenvalue weighted by Gasteiger charge is -2.71. The van der Waals surface area contributed by atoms with Crippen LogP contribution >= 0.6 is 0 Å². The van der Waals surface area contributed by atoms with Gasteiger partial charge in [0.15, 0.2) is 18.9 Å². The van der Waals surface area contributed by atoms with Crippen LogP contribution in [-0.2, 0) is 42.7 Å². The number of hydrogen-bond acceptors (Lipinski definition) is 23. The molecule has 9 rings (SSSR count). The zero-order chi connectivity index (χ0) is 55.4. The summed E-state index contributed by atoms with van der Waals surface area (Å²) >= 11 is 0. The first-order valence-electron chi connectivity index (χ1n) is 27.4. The number of aliphatic hydroxyl groups excluding tert-OH is 14. The molecular weight excluding hydrogens is 1000 g/mol. The number of fused-ring (bicyclic) bond motifs is 7. The molecule has 5 aliphatic carbocycles. The largest absolute Gasteiger partial charge is 0.432 e. The van der Waals surface area contributed by atoms with Gasteiger partial charge in [-0.25, -0.2) is 0 Å². The Morgan fingerprint density at radius 1 is 0.592 bits per heavy atom. The molecular formula is C53H86O23. The van der Waals surface area contributed by atoms with Gasteiger partial charge in [0.05, 0.1) is 44.6 Å². The van der Waals surface area contributed by atoms with Crippen LogP contribution in [0.3, 0.4) is 0 Å². The summed E-state index contributed by atoms with van der Waals surface area (Å²) in [5.41, 5.74) is -1.70. The van der Waals surface area contributed by atoms with Gasteiger partial charge in [0.1, 0.15) is 91.6 Å². The Labute approximate surface area is 442 Å². The van der Waals surface area contributed by atoms with E-state index in [-0.39, 0.29) is 52.6 Å². The van der Waals surface area contributed by atoms with Crippen molar-refractivity contribution in [1.82, 2.24) is 0 Å². The lowest BCUT2D eigenvalue weighted by molar-refractivity contribution is -0.352. The summed E-state index contributed by atoms with van der Waals surface area (Å²) in [5.74, 6) is -0.732. The third kappa shape index (κ3) is 9.56. The molecule has 4 heterocycles. The van der Waals surface area contributed by atoms with Gasteiger partial charge in [0.25, 0.3) is 0 Å². The summed E-state index contributed by atoms with van der Waals surface area (Å²) in [6.07, 6.45) is -21.9. The highest BCUT2D eigenvalue weighted by atomic mass is 16.8. The number of esters is 1. The van der Waals surface area contributed by atoms with Gasteiger partial charge in [-0.1, -0.05) is 53.2 Å². The third-order valence-electron chi connectivity index (χ3n) is 21.2. The van der Waals surface area contributed by atoms with Crippen molar-refractivity contribution in [1.29, 1.82) is 0 Å². The molecule has 0 aromatic carbocycles. The smallest absolute Gasteiger partial charge is 0.315 e. The molecule has 4 saturated heterocycles. The molecule has 23 heteroatoms. The minimum absolute atomic E-state index is 0.0400. The van der Waals surface area contributed by atoms with Crippen molar-refractivity contribution in [2.75, 3.05) is 33.0 Å². The van der Waals surface area contributed by atoms with Crippen molar-refractivity contribution in [2.24, 2.45) is 50.2 Å². The number of allylic oxidation sites excluding steroid dienone is 2. The van der Waals surface area contributed by atoms with Gasteiger partial charge in [0, 0.05) is 5.41 Å². The molecule has 0 spiro atoms. The Balaban J connectivity index is 0.897. The molecule has 76 heavy (non-hydrogen) atoms. The molecule has 4 aliphatic heterocycles. The predicted octanol–water partition coefficient (Wildman–Crippen LogP) is -2.42. The Morgan fingerprint density at radius 2 is 1.16 bits per heavy atom. The van der Waals surface area contributed by atoms with Gasteiger partial charge >= 0.3 is 5.97 Å². The normalized spacial score (nSPS) is 54.3. The fourth-order valence-corrected chi connectivity index (χ4v) is 16.1. The molecule has 0 amide bonds. The molecule has 4 saturated carbocycles. The van der Waals surface area contributed by atoms with Gasteiger partial charge in [-0.05, 0) is 104 Å². The van der Waals surface area contributed by atoms with E-state index in [4.69, 9.17) is 37.9 Å². The first kappa shape index (κ1) is 59.0. The van der Waals surface area contributed by atoms with Crippen molar-refractivity contribution < 1.29 is 114 Å². The molecule has 28 atom stereocenters. The van der Waals surface area contributed by atoms with Crippen molar-refractivity contribution >= 4 is 5.97 Å². The maximum Gasteiger partial charge on any atom is 0.315 e. The van der Waals surface area contributed by atoms with Gasteiger partial charge in [-0.3, -0.25) is 4.79 Å². The van der Waals surface area contributed by atoms with E-state index in [0.717, 1.165) is 19.3 Å². The number of carbonyl (C=O) groups excluding carboxylic acids is 1. The highest BCUT2D eigenvalue weighted by molar-refractivity contribution is 5.79. The van der Waals surface area contributed by atoms with Crippen molar-refractivity contribution in [3.05, 3.63) is 11.6 Å². The van der Waals surface area contributed by atoms with E-state index in [2.05, 4.69) is 40.7 Å². The average Bonchev–Trinajstić information content (AvgIpc) is 3.56. The van der Waals surface area contributed by atoms with Crippen LogP contribution in [0.1, 0.15) is 106 Å². The monoisotopic (exact) mass is 1090 g/mol. The Kier molecular flexibility index (Phi) is 16.8. The second-order valence-corrected chi connectivity index (χ2v) is 25.7. The van der Waals surface area contributed by atoms with Gasteiger partial charge in [-0.2, -0.15) is 0 Å². The van der Waals surface area contributed by atoms with E-state index in [9.17, 15) is 71.5 Å². The Hall–Kier alpha value is -1.63. The van der Waals surface area contributed by atoms with E-state index in [1.807, 2.05) is 6.92 Å². The molecule has 9 aliphatic rings. The number of hydrogen-bond donors (Lipinski definition) is 14. The number of ether oxygens (including phenoxy) is 8. The molecule has 0 radical (unpaired) electrons. The highest BCUT2D eigenvalue weighted by Gasteiger charge is 2.71. The SMILES string of the molecule is CC1(C)CC[C@]2(C(=O)O[C@@H]3O[C@H](CO[C@@H]4O[C@H](CO)[C@@H](O)[C@H](O)[C@H]4O)[C@@H](O)[C@H](O)[C@H]3O)CC[C@]3(C)C(=CC[C@@H]4[C@@]5(C)CC[C@H](O[C@@H]6OC[C@H](O[C@@H]7O[C@H](CO)[C@@H](O)[C@H](O)[C@H]7O)[C@H](O)[C@H]6O)[C@@](C)(CO)[C@@H]5CC[C@]43C)[C@@H]2C1. The van der Waals surface area contributed by atoms with Crippen molar-refractivity contribution in [3.8, 4) is 0 Å². The maximum absolute atomic E-state index is 15.0. The number of carbonyl (C=O) groups is 1. The van der Waals surface area contributed by atoms with Crippen LogP contribution in [0.15, 0.2) is 11.6 Å². The van der Waals surface area contributed by atoms with E-state index in [1.54, 1.807) is 0 Å². The fraction of sp³-hybridized carbons (Fsp3) is 0.943. The molecule has 0 unspecified atom stereocenters. The predicted molar refractivity (Wildman–Crippen MR) is 258 cm³/mol. The molecule has 8 fully saturated rings. The molecule has 14 N–H and O–H groups in total. The quantitative estimate of drug-likeness (QED) is 0.0549. The van der Waals surface area contributed by atoms with Crippen molar-refractivity contribution in [2.45, 2.75) is 229 Å². The van der Waals surface area contributed by atoms with Crippen LogP contribution in [0.4, 0.5) is 0 Å². The molecule has 23 nitrogen and oxygen atoms in total. The average molecular weight is 1090 g/mol. The first-order chi connectivity index (χ1) is 35.7. The molecule has 0 aromatic rings. The van der Waals surface area contributed by atoms with E-state index >= 15 is 4.79 Å². The number of rotatable bonds is 12. The minimum Gasteiger partial charge on any atom is -0.432 e. The lowest BCUT2D eigenvalue weighted by atomic mass is 9.33. The second-order valence-electron chi connectivity index (χ2n) is 25.7. The summed E-state index contributed by atoms with van der Waals surface area (Å²) in [6, 6.07) is 0. The zero-order valence-corrected chi connectivity index (χ0v) is 44.4. The van der Waals surface area contributed by atoms with Crippen molar-refractivity contribution in [3.63, 3.8) is 0 Å². The van der Waals surface area contributed by atoms with Crippen LogP contribution in [-0.4, -0.2) is 233 Å². The Morgan fingerprint density at radius 3 is 1.79 bits per heavy atom. The maximum atomic E-state index is 15.0. The summed E-state index contributed by atoms with van der Waals surface area (Å²) in [7, 11) is 0. The zero-order valence-electron chi connectivity index (χ0n) is 44.4. The lowest BCUT2D eigenvalue weighted by Crippen LogP contribution is -2.67. The standard InChI is InChI=1S/C53H86O23/c1-48(2)13-15-53(47(68)76-46-42(67)38(63)34(59)27(74-46)20-69-43-40(65)36(61)32(57)25(18-54)71-43)16-14-51(5)23(24(53)17-48)7-8-30-49(3)11-10-31(50(4,22-56)29(49)9-12-52(30,51)6)75-44-39(64)35(60)28(21-70-44)73-45-41(66)37(62)33(58)26(19-55)72-45/h7,24-46,54-67H,8-22H2,1-6H3/t24-,25+,26+,27+,28-,29+,30+,31-,32+,33+,34+,35-,36-,37-,38-,39+,40+,41+,42+,43+,44-,45-,46-,49-,50-,51+,52+,53-/m0/s1. The Bertz CT molecular complexity index is 2080. The minimum atomic E-state index is -1.84. The van der Waals surface area contributed by atoms with Crippen LogP contribution in [0.5, 0.6) is 0 Å². The summed E-state index contributed by atoms with van der Waals surface area (Å²) in [5, 5.41) is 148. The van der Waals surface area contributed by atoms with Crippen LogP contribution < -0.4 is 0 Å². The summed E-state index contributed by atoms with van der Waals surface area (Å²) < 4.78 is 46.8. The van der Waals surface area contributed by atoms with Gasteiger partial charge in [-0.15, -0.1) is 0 Å². The third-order valence-corrected chi connectivity index (χ3v) is 21.2. The van der Waals surface area contributed by atoms with E-state index < -0.39 is 159 Å². The van der Waals surface area contributed by atoms with Crippen LogP contribution in [0, 0.1) is 50.2 Å². The molecule has 0 aromatic heterocycles. The molecule has 0 bridgehead atoms. The van der Waals surface area contributed by atoms with Crippen LogP contribution in [0.25, 0.3) is 0 Å². The van der Waals surface area contributed by atoms with E-state index in [0.29, 0.717) is 44.9 Å². The topological polar surface area (TPSA) is 374 Å². The van der Waals surface area contributed by atoms with Crippen LogP contribution in [0.2, 0.25) is 0 Å². The number of aliphatic hydroxyl groups is 14. The fourth-order valence-electron chi connectivity index (χ4n) is 16.1.